The number of rotatable bonds is 0. The molecule has 0 aromatic heterocycles. The maximum absolute atomic E-state index is 7.33. The van der Waals surface area contributed by atoms with E-state index in [-0.39, 0.29) is 21.6 Å². The molecule has 4 N–H and O–H groups in total. The van der Waals surface area contributed by atoms with Crippen molar-refractivity contribution in [2.75, 3.05) is 0 Å². The van der Waals surface area contributed by atoms with Gasteiger partial charge < -0.3 is 23.5 Å². The van der Waals surface area contributed by atoms with Gasteiger partial charge in [0, 0.05) is 0 Å². The molecule has 0 rings (SSSR count). The fourth-order valence-electron chi connectivity index (χ4n) is 0. The van der Waals surface area contributed by atoms with E-state index >= 15 is 0 Å². The van der Waals surface area contributed by atoms with Crippen LogP contribution in [0.2, 0.25) is 0 Å². The summed E-state index contributed by atoms with van der Waals surface area (Å²) in [5, 5.41) is 0. The quantitative estimate of drug-likeness (QED) is 0.267. The van der Waals surface area contributed by atoms with Gasteiger partial charge >= 0.3 is 26.4 Å². The largest absolute Gasteiger partial charge is 3.00 e. The first-order valence-corrected chi connectivity index (χ1v) is 2.68. The van der Waals surface area contributed by atoms with E-state index in [0.29, 0.717) is 0 Å². The summed E-state index contributed by atoms with van der Waals surface area (Å²) in [6.45, 7) is 0. The Bertz CT molecular complexity index is 31.3. The van der Waals surface area contributed by atoms with Crippen molar-refractivity contribution in [3.05, 3.63) is 0 Å². The molecule has 0 saturated carbocycles. The van der Waals surface area contributed by atoms with E-state index in [0.717, 1.165) is 0 Å². The van der Waals surface area contributed by atoms with Gasteiger partial charge in [-0.2, -0.15) is 0 Å². The molecule has 0 spiro atoms. The molecule has 6 heteroatoms. The predicted molar refractivity (Wildman–Crippen MR) is 23.7 cm³/mol. The molecule has 0 amide bonds. The monoisotopic (exact) mass is 126 g/mol. The van der Waals surface area contributed by atoms with Crippen molar-refractivity contribution in [3.63, 3.8) is 0 Å². The normalized spacial score (nSPS) is 10.0. The van der Waals surface area contributed by atoms with Crippen LogP contribution in [0.3, 0.4) is 0 Å². The third kappa shape index (κ3) is 170. The third-order valence-corrected chi connectivity index (χ3v) is 0. The Hall–Kier alpha value is 0.589. The minimum atomic E-state index is -4.61. The predicted octanol–water partition coefficient (Wildman–Crippen LogP) is -2.65. The van der Waals surface area contributed by atoms with Crippen LogP contribution < -0.4 is 0 Å². The van der Waals surface area contributed by atoms with E-state index in [4.69, 9.17) is 19.2 Å². The Labute approximate surface area is 50.8 Å². The van der Waals surface area contributed by atoms with Crippen LogP contribution in [-0.4, -0.2) is 45.6 Å². The van der Waals surface area contributed by atoms with Gasteiger partial charge in [0.05, 0.1) is 0 Å². The smallest absolute Gasteiger partial charge is 1.00 e. The molecule has 0 bridgehead atoms. The van der Waals surface area contributed by atoms with E-state index < -0.39 is 9.05 Å². The fraction of sp³-hybridized carbons (Fsp3) is 0. The van der Waals surface area contributed by atoms with E-state index in [9.17, 15) is 0 Å². The Morgan fingerprint density at radius 3 is 1.00 bits per heavy atom. The zero-order chi connectivity index (χ0) is 4.50. The number of hydrogen-bond acceptors (Lipinski definition) is 4. The van der Waals surface area contributed by atoms with E-state index in [1.807, 2.05) is 0 Å². The van der Waals surface area contributed by atoms with E-state index in [2.05, 4.69) is 0 Å². The molecule has 0 unspecified atom stereocenters. The van der Waals surface area contributed by atoms with Crippen LogP contribution in [0.4, 0.5) is 0 Å². The molecule has 0 saturated heterocycles. The van der Waals surface area contributed by atoms with Crippen LogP contribution >= 0.6 is 0 Å². The van der Waals surface area contributed by atoms with Crippen LogP contribution in [0.1, 0.15) is 4.28 Å². The van der Waals surface area contributed by atoms with E-state index in [1.54, 1.807) is 0 Å². The summed E-state index contributed by atoms with van der Waals surface area (Å²) >= 11 is 0. The molecule has 0 atom stereocenters. The Morgan fingerprint density at radius 1 is 1.00 bits per heavy atom. The Balaban J connectivity index is -0.0000000133. The van der Waals surface area contributed by atoms with Crippen molar-refractivity contribution in [1.29, 1.82) is 0 Å². The summed E-state index contributed by atoms with van der Waals surface area (Å²) in [5.74, 6) is 0. The number of hydrogen-bond donors (Lipinski definition) is 4. The van der Waals surface area contributed by atoms with Gasteiger partial charge in [-0.15, -0.1) is 0 Å². The minimum absolute atomic E-state index is 0. The van der Waals surface area contributed by atoms with Crippen molar-refractivity contribution in [2.45, 2.75) is 0 Å². The van der Waals surface area contributed by atoms with Gasteiger partial charge in [-0.3, -0.25) is 0 Å². The second kappa shape index (κ2) is 2.71. The molecule has 0 aliphatic rings. The van der Waals surface area contributed by atoms with Crippen molar-refractivity contribution in [3.8, 4) is 0 Å². The Kier molecular flexibility index (Phi) is 4.42. The second-order valence-corrected chi connectivity index (χ2v) is 1.80. The molecular formula is H7AlO4Si. The Morgan fingerprint density at radius 2 is 1.00 bits per heavy atom. The molecule has 0 heterocycles. The summed E-state index contributed by atoms with van der Waals surface area (Å²) in [4.78, 5) is 29.3. The molecule has 0 aliphatic carbocycles. The summed E-state index contributed by atoms with van der Waals surface area (Å²) < 4.78 is 0. The van der Waals surface area contributed by atoms with Crippen LogP contribution in [0.5, 0.6) is 0 Å². The summed E-state index contributed by atoms with van der Waals surface area (Å²) in [6.07, 6.45) is 0. The van der Waals surface area contributed by atoms with Crippen LogP contribution in [-0.2, 0) is 0 Å². The van der Waals surface area contributed by atoms with Gasteiger partial charge in [-0.05, 0) is 0 Å². The van der Waals surface area contributed by atoms with Gasteiger partial charge in [0.25, 0.3) is 0 Å². The minimum Gasteiger partial charge on any atom is -1.00 e. The maximum Gasteiger partial charge on any atom is 3.00 e. The second-order valence-electron chi connectivity index (χ2n) is 0.600. The summed E-state index contributed by atoms with van der Waals surface area (Å²) in [7, 11) is -4.61. The van der Waals surface area contributed by atoms with Crippen LogP contribution in [0, 0.1) is 0 Å². The van der Waals surface area contributed by atoms with Gasteiger partial charge in [0.1, 0.15) is 0 Å². The first kappa shape index (κ1) is 9.77. The van der Waals surface area contributed by atoms with Crippen LogP contribution in [0.15, 0.2) is 0 Å². The standard InChI is InChI=1S/Al.H4O4Si.3H/c;1-5(2,3)4;;;/h;1-4H;;;/q+3;;3*-1. The fourth-order valence-corrected chi connectivity index (χ4v) is 0. The first-order chi connectivity index (χ1) is 2.00. The van der Waals surface area contributed by atoms with Crippen LogP contribution in [0.25, 0.3) is 0 Å². The molecule has 4 nitrogen and oxygen atoms in total. The zero-order valence-electron chi connectivity index (χ0n) is 5.87. The molecule has 0 radical (unpaired) electrons. The molecule has 38 valence electrons. The third-order valence-electron chi connectivity index (χ3n) is 0. The summed E-state index contributed by atoms with van der Waals surface area (Å²) in [5.41, 5.74) is 0. The van der Waals surface area contributed by atoms with Crippen molar-refractivity contribution in [1.82, 2.24) is 0 Å². The topological polar surface area (TPSA) is 80.9 Å². The average Bonchev–Trinajstić information content (AvgIpc) is 0.722. The van der Waals surface area contributed by atoms with Crippen molar-refractivity contribution in [2.24, 2.45) is 0 Å². The van der Waals surface area contributed by atoms with Gasteiger partial charge in [0.15, 0.2) is 0 Å². The van der Waals surface area contributed by atoms with Gasteiger partial charge in [-0.1, -0.05) is 0 Å². The average molecular weight is 126 g/mol. The molecular weight excluding hydrogens is 119 g/mol. The van der Waals surface area contributed by atoms with Gasteiger partial charge in [0.2, 0.25) is 0 Å². The SMILES string of the molecule is O[Si](O)(O)O.[Al+3].[H-].[H-].[H-]. The molecule has 0 fully saturated rings. The molecule has 0 aromatic carbocycles. The van der Waals surface area contributed by atoms with E-state index in [1.165, 1.54) is 0 Å². The summed E-state index contributed by atoms with van der Waals surface area (Å²) in [6, 6.07) is 0. The first-order valence-electron chi connectivity index (χ1n) is 0.894. The van der Waals surface area contributed by atoms with Crippen molar-refractivity contribution < 1.29 is 23.5 Å². The van der Waals surface area contributed by atoms with Gasteiger partial charge in [-0.25, -0.2) is 0 Å². The van der Waals surface area contributed by atoms with Crippen molar-refractivity contribution >= 4 is 26.4 Å². The maximum atomic E-state index is 7.33. The zero-order valence-corrected chi connectivity index (χ0v) is 5.02. The molecule has 0 aliphatic heterocycles. The molecule has 0 aromatic rings. The molecule has 6 heavy (non-hydrogen) atoms.